The highest BCUT2D eigenvalue weighted by molar-refractivity contribution is 7.17. The standard InChI is InChI=1S/C25H18FN3OS/c26-20-5-6-22-21(11-20)23(12-27-22)28-25(30)29-13-18-4-3-16(9-19(18)14-29)17-2-1-15-7-8-31-24(15)10-17/h1-12,27H,13-14H2,(H,28,30). The van der Waals surface area contributed by atoms with Crippen molar-refractivity contribution in [2.45, 2.75) is 13.1 Å². The fourth-order valence-electron chi connectivity index (χ4n) is 4.24. The summed E-state index contributed by atoms with van der Waals surface area (Å²) in [5.74, 6) is -0.329. The van der Waals surface area contributed by atoms with Crippen LogP contribution in [-0.2, 0) is 13.1 Å². The second-order valence-corrected chi connectivity index (χ2v) is 8.78. The van der Waals surface area contributed by atoms with Crippen molar-refractivity contribution in [1.82, 2.24) is 9.88 Å². The summed E-state index contributed by atoms with van der Waals surface area (Å²) in [6.45, 7) is 1.11. The molecule has 152 valence electrons. The van der Waals surface area contributed by atoms with Gasteiger partial charge in [0.15, 0.2) is 0 Å². The second kappa shape index (κ2) is 6.96. The van der Waals surface area contributed by atoms with Crippen LogP contribution < -0.4 is 5.32 Å². The van der Waals surface area contributed by atoms with Crippen LogP contribution in [0.4, 0.5) is 14.9 Å². The number of nitrogens with one attached hydrogen (secondary N) is 2. The van der Waals surface area contributed by atoms with Gasteiger partial charge in [0.05, 0.1) is 5.69 Å². The Morgan fingerprint density at radius 2 is 1.81 bits per heavy atom. The van der Waals surface area contributed by atoms with Gasteiger partial charge in [-0.05, 0) is 69.4 Å². The summed E-state index contributed by atoms with van der Waals surface area (Å²) >= 11 is 1.74. The molecular weight excluding hydrogens is 409 g/mol. The van der Waals surface area contributed by atoms with Gasteiger partial charge in [-0.25, -0.2) is 9.18 Å². The van der Waals surface area contributed by atoms with Crippen molar-refractivity contribution in [2.75, 3.05) is 5.32 Å². The third-order valence-corrected chi connectivity index (χ3v) is 6.77. The van der Waals surface area contributed by atoms with Gasteiger partial charge in [-0.15, -0.1) is 11.3 Å². The molecule has 0 fully saturated rings. The normalized spacial score (nSPS) is 13.1. The Bertz CT molecular complexity index is 1470. The lowest BCUT2D eigenvalue weighted by Crippen LogP contribution is -2.30. The summed E-state index contributed by atoms with van der Waals surface area (Å²) in [6.07, 6.45) is 1.70. The number of aromatic nitrogens is 1. The zero-order valence-electron chi connectivity index (χ0n) is 16.5. The number of nitrogens with zero attached hydrogens (tertiary/aromatic N) is 1. The average molecular weight is 428 g/mol. The number of anilines is 1. The number of aromatic amines is 1. The minimum Gasteiger partial charge on any atom is -0.359 e. The van der Waals surface area contributed by atoms with E-state index in [2.05, 4.69) is 58.1 Å². The summed E-state index contributed by atoms with van der Waals surface area (Å²) in [7, 11) is 0. The predicted octanol–water partition coefficient (Wildman–Crippen LogP) is 6.74. The van der Waals surface area contributed by atoms with Crippen LogP contribution in [-0.4, -0.2) is 15.9 Å². The molecule has 6 rings (SSSR count). The third-order valence-electron chi connectivity index (χ3n) is 5.89. The number of thiophene rings is 1. The number of fused-ring (bicyclic) bond motifs is 3. The lowest BCUT2D eigenvalue weighted by molar-refractivity contribution is 0.212. The summed E-state index contributed by atoms with van der Waals surface area (Å²) in [5.41, 5.74) is 6.02. The topological polar surface area (TPSA) is 48.1 Å². The van der Waals surface area contributed by atoms with Crippen molar-refractivity contribution in [3.8, 4) is 11.1 Å². The van der Waals surface area contributed by atoms with Crippen molar-refractivity contribution >= 4 is 44.0 Å². The SMILES string of the molecule is O=C(Nc1c[nH]c2ccc(F)cc12)N1Cc2ccc(-c3ccc4ccsc4c3)cc2C1. The first-order chi connectivity index (χ1) is 15.1. The van der Waals surface area contributed by atoms with Gasteiger partial charge >= 0.3 is 6.03 Å². The van der Waals surface area contributed by atoms with E-state index in [1.807, 2.05) is 0 Å². The molecule has 3 heterocycles. The van der Waals surface area contributed by atoms with E-state index in [4.69, 9.17) is 0 Å². The maximum atomic E-state index is 13.6. The van der Waals surface area contributed by atoms with E-state index in [0.717, 1.165) is 22.2 Å². The van der Waals surface area contributed by atoms with Gasteiger partial charge in [-0.2, -0.15) is 0 Å². The Balaban J connectivity index is 1.23. The van der Waals surface area contributed by atoms with Crippen LogP contribution >= 0.6 is 11.3 Å². The van der Waals surface area contributed by atoms with E-state index < -0.39 is 0 Å². The van der Waals surface area contributed by atoms with E-state index in [-0.39, 0.29) is 11.8 Å². The van der Waals surface area contributed by atoms with Gasteiger partial charge in [0.1, 0.15) is 5.82 Å². The van der Waals surface area contributed by atoms with Crippen molar-refractivity contribution < 1.29 is 9.18 Å². The Kier molecular flexibility index (Phi) is 4.07. The molecule has 0 unspecified atom stereocenters. The number of hydrogen-bond acceptors (Lipinski definition) is 2. The molecule has 2 aromatic heterocycles. The second-order valence-electron chi connectivity index (χ2n) is 7.84. The number of hydrogen-bond donors (Lipinski definition) is 2. The molecule has 3 aromatic carbocycles. The van der Waals surface area contributed by atoms with Crippen molar-refractivity contribution in [2.24, 2.45) is 0 Å². The van der Waals surface area contributed by atoms with Crippen LogP contribution in [0.5, 0.6) is 0 Å². The van der Waals surface area contributed by atoms with Crippen molar-refractivity contribution in [1.29, 1.82) is 0 Å². The molecule has 0 saturated heterocycles. The van der Waals surface area contributed by atoms with Gasteiger partial charge in [0.2, 0.25) is 0 Å². The molecule has 2 N–H and O–H groups in total. The minimum atomic E-state index is -0.329. The number of H-pyrrole nitrogens is 1. The molecule has 6 heteroatoms. The zero-order valence-corrected chi connectivity index (χ0v) is 17.3. The first-order valence-corrected chi connectivity index (χ1v) is 10.9. The van der Waals surface area contributed by atoms with Crippen LogP contribution in [0.25, 0.3) is 32.1 Å². The Morgan fingerprint density at radius 1 is 0.968 bits per heavy atom. The molecule has 1 aliphatic heterocycles. The molecule has 2 amide bonds. The highest BCUT2D eigenvalue weighted by Crippen LogP contribution is 2.32. The zero-order chi connectivity index (χ0) is 20.9. The monoisotopic (exact) mass is 427 g/mol. The number of carbonyl (C=O) groups excluding carboxylic acids is 1. The first-order valence-electron chi connectivity index (χ1n) is 10.1. The van der Waals surface area contributed by atoms with Crippen LogP contribution in [0, 0.1) is 5.82 Å². The first kappa shape index (κ1) is 18.2. The van der Waals surface area contributed by atoms with Gasteiger partial charge < -0.3 is 15.2 Å². The fourth-order valence-corrected chi connectivity index (χ4v) is 5.07. The van der Waals surface area contributed by atoms with Gasteiger partial charge in [-0.3, -0.25) is 0 Å². The summed E-state index contributed by atoms with van der Waals surface area (Å²) in [6, 6.07) is 19.4. The lowest BCUT2D eigenvalue weighted by Gasteiger charge is -2.16. The number of rotatable bonds is 2. The van der Waals surface area contributed by atoms with Crippen LogP contribution in [0.1, 0.15) is 11.1 Å². The largest absolute Gasteiger partial charge is 0.359 e. The van der Waals surface area contributed by atoms with Gasteiger partial charge in [-0.1, -0.05) is 24.3 Å². The van der Waals surface area contributed by atoms with Gasteiger partial charge in [0.25, 0.3) is 0 Å². The molecular formula is C25H18FN3OS. The Hall–Kier alpha value is -3.64. The number of amides is 2. The molecule has 0 aliphatic carbocycles. The van der Waals surface area contributed by atoms with Crippen molar-refractivity contribution in [3.63, 3.8) is 0 Å². The van der Waals surface area contributed by atoms with Crippen LogP contribution in [0.15, 0.2) is 72.2 Å². The minimum absolute atomic E-state index is 0.192. The fraction of sp³-hybridized carbons (Fsp3) is 0.0800. The number of carbonyl (C=O) groups is 1. The van der Waals surface area contributed by atoms with Gasteiger partial charge in [0, 0.05) is 34.9 Å². The van der Waals surface area contributed by atoms with Crippen molar-refractivity contribution in [3.05, 3.63) is 89.2 Å². The quantitative estimate of drug-likeness (QED) is 0.322. The predicted molar refractivity (Wildman–Crippen MR) is 124 cm³/mol. The van der Waals surface area contributed by atoms with E-state index in [1.165, 1.54) is 27.8 Å². The molecule has 0 bridgehead atoms. The smallest absolute Gasteiger partial charge is 0.322 e. The summed E-state index contributed by atoms with van der Waals surface area (Å²) in [4.78, 5) is 17.7. The average Bonchev–Trinajstić information content (AvgIpc) is 3.50. The maximum absolute atomic E-state index is 13.6. The molecule has 0 spiro atoms. The Morgan fingerprint density at radius 3 is 2.74 bits per heavy atom. The molecule has 31 heavy (non-hydrogen) atoms. The van der Waals surface area contributed by atoms with Crippen LogP contribution in [0.2, 0.25) is 0 Å². The summed E-state index contributed by atoms with van der Waals surface area (Å²) < 4.78 is 14.9. The van der Waals surface area contributed by atoms with E-state index >= 15 is 0 Å². The van der Waals surface area contributed by atoms with Crippen LogP contribution in [0.3, 0.4) is 0 Å². The molecule has 0 saturated carbocycles. The number of urea groups is 1. The number of benzene rings is 3. The number of halogens is 1. The molecule has 0 radical (unpaired) electrons. The van der Waals surface area contributed by atoms with E-state index in [9.17, 15) is 9.18 Å². The Labute approximate surface area is 181 Å². The third kappa shape index (κ3) is 3.16. The van der Waals surface area contributed by atoms with E-state index in [0.29, 0.717) is 24.2 Å². The highest BCUT2D eigenvalue weighted by atomic mass is 32.1. The maximum Gasteiger partial charge on any atom is 0.322 e. The molecule has 1 aliphatic rings. The summed E-state index contributed by atoms with van der Waals surface area (Å²) in [5, 5.41) is 6.95. The molecule has 4 nitrogen and oxygen atoms in total. The lowest BCUT2D eigenvalue weighted by atomic mass is 10.0. The molecule has 0 atom stereocenters. The van der Waals surface area contributed by atoms with E-state index in [1.54, 1.807) is 28.5 Å². The highest BCUT2D eigenvalue weighted by Gasteiger charge is 2.24. The molecule has 5 aromatic rings.